The Kier molecular flexibility index (Phi) is 14.0. The van der Waals surface area contributed by atoms with Crippen molar-refractivity contribution in [2.75, 3.05) is 72.7 Å². The number of piperazine rings is 1. The first-order valence-electron chi connectivity index (χ1n) is 22.1. The number of halogens is 3. The molecule has 1 unspecified atom stereocenters. The lowest BCUT2D eigenvalue weighted by molar-refractivity contribution is -0.138. The highest BCUT2D eigenvalue weighted by molar-refractivity contribution is 7.90. The minimum Gasteiger partial charge on any atom is -0.389 e. The number of hydrogen-bond acceptors (Lipinski definition) is 14. The third-order valence-corrected chi connectivity index (χ3v) is 14.9. The highest BCUT2D eigenvalue weighted by Crippen LogP contribution is 2.34. The van der Waals surface area contributed by atoms with Gasteiger partial charge in [0.05, 0.1) is 34.7 Å². The van der Waals surface area contributed by atoms with Gasteiger partial charge in [0.15, 0.2) is 5.82 Å². The molecule has 366 valence electrons. The topological polar surface area (TPSA) is 247 Å². The number of fused-ring (bicyclic) bond motifs is 1. The molecule has 3 aliphatic heterocycles. The summed E-state index contributed by atoms with van der Waals surface area (Å²) in [5.74, 6) is -5.33. The summed E-state index contributed by atoms with van der Waals surface area (Å²) in [4.78, 5) is 68.0. The number of aromatic amines is 1. The number of imide groups is 1. The van der Waals surface area contributed by atoms with Crippen LogP contribution in [0.3, 0.4) is 0 Å². The first-order valence-corrected chi connectivity index (χ1v) is 24.9. The highest BCUT2D eigenvalue weighted by atomic mass is 32.2. The van der Waals surface area contributed by atoms with Crippen molar-refractivity contribution >= 4 is 78.3 Å². The average molecular weight is 995 g/mol. The normalized spacial score (nSPS) is 17.7. The van der Waals surface area contributed by atoms with Gasteiger partial charge in [-0.25, -0.2) is 31.6 Å². The second kappa shape index (κ2) is 19.8. The van der Waals surface area contributed by atoms with Crippen LogP contribution < -0.4 is 25.2 Å². The number of hydrogen-bond donors (Lipinski definition) is 6. The number of H-pyrrole nitrogens is 1. The lowest BCUT2D eigenvalue weighted by atomic mass is 9.87. The zero-order valence-corrected chi connectivity index (χ0v) is 39.1. The Balaban J connectivity index is 0.907. The molecule has 0 aliphatic carbocycles. The van der Waals surface area contributed by atoms with Crippen LogP contribution in [0.4, 0.5) is 36.1 Å². The van der Waals surface area contributed by atoms with E-state index in [1.807, 2.05) is 9.62 Å². The van der Waals surface area contributed by atoms with Crippen LogP contribution in [0.2, 0.25) is 0 Å². The van der Waals surface area contributed by atoms with Gasteiger partial charge in [-0.3, -0.25) is 29.2 Å². The summed E-state index contributed by atoms with van der Waals surface area (Å²) in [5, 5.41) is 16.9. The zero-order valence-electron chi connectivity index (χ0n) is 37.4. The lowest BCUT2D eigenvalue weighted by Gasteiger charge is -2.41. The molecule has 3 aliphatic rings. The molecule has 6 heterocycles. The fourth-order valence-corrected chi connectivity index (χ4v) is 10.1. The lowest BCUT2D eigenvalue weighted by Crippen LogP contribution is -2.52. The SMILES string of the molecule is CCN(C)S(=O)(=O)Nc1ccc(F)c(C(=O)c2c[nH]c3ncc(-c4cnc(N5CCN(C(=O)CC6(O)CCN(c7ccc(NC8CCC(=O)NC8=O)cc7F)CC6)CC5)c(C[SH](=O)=O)c4)cc23)c1F. The molecule has 5 N–H and O–H groups in total. The smallest absolute Gasteiger partial charge is 0.301 e. The van der Waals surface area contributed by atoms with Gasteiger partial charge in [-0.2, -0.15) is 12.7 Å². The first kappa shape index (κ1) is 48.8. The number of pyridine rings is 2. The number of ketones is 1. The molecule has 0 saturated carbocycles. The fourth-order valence-electron chi connectivity index (χ4n) is 8.70. The van der Waals surface area contributed by atoms with E-state index in [9.17, 15) is 41.1 Å². The number of aliphatic hydroxyl groups is 1. The van der Waals surface area contributed by atoms with Gasteiger partial charge in [-0.1, -0.05) is 6.92 Å². The second-order valence-electron chi connectivity index (χ2n) is 17.2. The van der Waals surface area contributed by atoms with E-state index >= 15 is 13.2 Å². The Bertz CT molecular complexity index is 3040. The molecule has 2 aromatic carbocycles. The third-order valence-electron chi connectivity index (χ3n) is 12.7. The van der Waals surface area contributed by atoms with Crippen LogP contribution in [0, 0.1) is 17.5 Å². The number of nitrogens with zero attached hydrogens (tertiary/aromatic N) is 6. The summed E-state index contributed by atoms with van der Waals surface area (Å²) >= 11 is 0. The van der Waals surface area contributed by atoms with E-state index < -0.39 is 72.9 Å². The molecule has 3 aromatic heterocycles. The number of anilines is 4. The van der Waals surface area contributed by atoms with E-state index in [-0.39, 0.29) is 92.6 Å². The van der Waals surface area contributed by atoms with Crippen LogP contribution in [-0.2, 0) is 41.0 Å². The predicted molar refractivity (Wildman–Crippen MR) is 250 cm³/mol. The van der Waals surface area contributed by atoms with E-state index in [1.165, 1.54) is 37.8 Å². The molecule has 0 spiro atoms. The summed E-state index contributed by atoms with van der Waals surface area (Å²) in [6.07, 6.45) is 4.92. The number of thiol groups is 1. The van der Waals surface area contributed by atoms with Crippen LogP contribution in [-0.4, -0.2) is 134 Å². The summed E-state index contributed by atoms with van der Waals surface area (Å²) in [7, 11) is -5.89. The highest BCUT2D eigenvalue weighted by Gasteiger charge is 2.38. The van der Waals surface area contributed by atoms with E-state index in [0.717, 1.165) is 16.4 Å². The molecule has 3 fully saturated rings. The van der Waals surface area contributed by atoms with Gasteiger partial charge in [-0.05, 0) is 61.7 Å². The van der Waals surface area contributed by atoms with Gasteiger partial charge in [0.25, 0.3) is 0 Å². The van der Waals surface area contributed by atoms with Crippen LogP contribution in [0.25, 0.3) is 22.2 Å². The molecule has 1 atom stereocenters. The average Bonchev–Trinajstić information content (AvgIpc) is 3.74. The van der Waals surface area contributed by atoms with Crippen molar-refractivity contribution in [3.8, 4) is 11.1 Å². The van der Waals surface area contributed by atoms with Crippen molar-refractivity contribution in [2.24, 2.45) is 0 Å². The Labute approximate surface area is 396 Å². The Morgan fingerprint density at radius 2 is 1.65 bits per heavy atom. The van der Waals surface area contributed by atoms with Crippen molar-refractivity contribution in [3.05, 3.63) is 95.2 Å². The summed E-state index contributed by atoms with van der Waals surface area (Å²) in [5.41, 5.74) is -1.05. The zero-order chi connectivity index (χ0) is 49.4. The van der Waals surface area contributed by atoms with Crippen molar-refractivity contribution in [1.82, 2.24) is 29.5 Å². The molecule has 3 amide bonds. The predicted octanol–water partition coefficient (Wildman–Crippen LogP) is 3.28. The van der Waals surface area contributed by atoms with Gasteiger partial charge in [0.1, 0.15) is 39.8 Å². The molecule has 5 aromatic rings. The summed E-state index contributed by atoms with van der Waals surface area (Å²) < 4.78 is 98.6. The maximum Gasteiger partial charge on any atom is 0.301 e. The maximum absolute atomic E-state index is 15.7. The molecule has 3 saturated heterocycles. The van der Waals surface area contributed by atoms with E-state index in [2.05, 4.69) is 25.6 Å². The fraction of sp³-hybridized carbons (Fsp3) is 0.378. The van der Waals surface area contributed by atoms with Crippen molar-refractivity contribution in [1.29, 1.82) is 0 Å². The number of carbonyl (C=O) groups is 4. The van der Waals surface area contributed by atoms with Crippen LogP contribution >= 0.6 is 0 Å². The monoisotopic (exact) mass is 994 g/mol. The standard InChI is InChI=1S/C45H49F3N10O9S2/c1-3-55(2)69(66,67)54-34-6-5-32(46)39(40(34)48)41(61)31-24-50-42-30(31)19-27(22-49-42)26-18-28(25-68(64)65)43(51-23-26)58-16-14-57(15-17-58)38(60)21-45(63)10-12-56(13-11-45)36-8-4-29(20-33(36)47)52-35-7-9-37(59)53-44(35)62/h4-6,8,18-20,22-24,35,52,54,63,68H,3,7,9-17,21,25H2,1-2H3,(H,49,50)(H,53,59,62). The van der Waals surface area contributed by atoms with Gasteiger partial charge in [0.2, 0.25) is 23.5 Å². The quantitative estimate of drug-likeness (QED) is 0.0501. The third kappa shape index (κ3) is 10.5. The van der Waals surface area contributed by atoms with E-state index in [4.69, 9.17) is 0 Å². The van der Waals surface area contributed by atoms with Crippen molar-refractivity contribution in [3.63, 3.8) is 0 Å². The number of piperidine rings is 2. The number of nitrogens with one attached hydrogen (secondary N) is 4. The van der Waals surface area contributed by atoms with Gasteiger partial charge < -0.3 is 30.1 Å². The molecule has 19 nitrogen and oxygen atoms in total. The van der Waals surface area contributed by atoms with Gasteiger partial charge in [0, 0.05) is 111 Å². The van der Waals surface area contributed by atoms with Gasteiger partial charge >= 0.3 is 10.2 Å². The van der Waals surface area contributed by atoms with Crippen LogP contribution in [0.15, 0.2) is 61.1 Å². The summed E-state index contributed by atoms with van der Waals surface area (Å²) in [6, 6.07) is 8.66. The minimum atomic E-state index is -4.21. The number of amides is 3. The number of benzene rings is 2. The Morgan fingerprint density at radius 3 is 2.33 bits per heavy atom. The van der Waals surface area contributed by atoms with Crippen LogP contribution in [0.1, 0.15) is 60.5 Å². The largest absolute Gasteiger partial charge is 0.389 e. The Morgan fingerprint density at radius 1 is 0.942 bits per heavy atom. The molecular weight excluding hydrogens is 946 g/mol. The van der Waals surface area contributed by atoms with Crippen LogP contribution in [0.5, 0.6) is 0 Å². The minimum absolute atomic E-state index is 0.0568. The number of carbonyl (C=O) groups excluding carboxylic acids is 4. The van der Waals surface area contributed by atoms with Crippen molar-refractivity contribution in [2.45, 2.75) is 56.4 Å². The molecule has 0 bridgehead atoms. The maximum atomic E-state index is 15.7. The van der Waals surface area contributed by atoms with Crippen molar-refractivity contribution < 1.29 is 54.3 Å². The van der Waals surface area contributed by atoms with E-state index in [1.54, 1.807) is 34.9 Å². The molecular formula is C45H49F3N10O9S2. The second-order valence-corrected chi connectivity index (χ2v) is 20.0. The molecule has 8 rings (SSSR count). The van der Waals surface area contributed by atoms with Gasteiger partial charge in [-0.15, -0.1) is 0 Å². The number of aromatic nitrogens is 3. The first-order chi connectivity index (χ1) is 32.8. The summed E-state index contributed by atoms with van der Waals surface area (Å²) in [6.45, 7) is 3.31. The molecule has 69 heavy (non-hydrogen) atoms. The number of rotatable bonds is 15. The molecule has 0 radical (unpaired) electrons. The molecule has 24 heteroatoms. The van der Waals surface area contributed by atoms with E-state index in [0.29, 0.717) is 53.4 Å². The Hall–Kier alpha value is -6.63.